The smallest absolute Gasteiger partial charge is 0.315 e. The SMILES string of the molecule is O=C(Nc1cccc(-n2cccc2)c1)C(F)F. The van der Waals surface area contributed by atoms with Gasteiger partial charge in [-0.15, -0.1) is 0 Å². The molecule has 2 aromatic rings. The Morgan fingerprint density at radius 3 is 2.53 bits per heavy atom. The zero-order valence-electron chi connectivity index (χ0n) is 8.81. The number of anilines is 1. The fraction of sp³-hybridized carbons (Fsp3) is 0.0833. The number of rotatable bonds is 3. The van der Waals surface area contributed by atoms with E-state index in [1.165, 1.54) is 0 Å². The lowest BCUT2D eigenvalue weighted by Gasteiger charge is -2.07. The van der Waals surface area contributed by atoms with E-state index in [1.54, 1.807) is 18.2 Å². The molecule has 0 unspecified atom stereocenters. The Kier molecular flexibility index (Phi) is 3.18. The van der Waals surface area contributed by atoms with Crippen molar-refractivity contribution in [2.45, 2.75) is 6.43 Å². The lowest BCUT2D eigenvalue weighted by Crippen LogP contribution is -2.20. The second kappa shape index (κ2) is 4.78. The van der Waals surface area contributed by atoms with Gasteiger partial charge in [-0.3, -0.25) is 4.79 Å². The maximum absolute atomic E-state index is 12.1. The van der Waals surface area contributed by atoms with E-state index >= 15 is 0 Å². The van der Waals surface area contributed by atoms with Gasteiger partial charge in [0.05, 0.1) is 0 Å². The van der Waals surface area contributed by atoms with E-state index in [9.17, 15) is 13.6 Å². The van der Waals surface area contributed by atoms with Gasteiger partial charge in [-0.1, -0.05) is 6.07 Å². The third-order valence-corrected chi connectivity index (χ3v) is 2.21. The second-order valence-electron chi connectivity index (χ2n) is 3.43. The fourth-order valence-corrected chi connectivity index (χ4v) is 1.45. The van der Waals surface area contributed by atoms with Crippen LogP contribution in [0, 0.1) is 0 Å². The lowest BCUT2D eigenvalue weighted by atomic mass is 10.2. The van der Waals surface area contributed by atoms with Gasteiger partial charge >= 0.3 is 6.43 Å². The van der Waals surface area contributed by atoms with Gasteiger partial charge in [-0.25, -0.2) is 0 Å². The Morgan fingerprint density at radius 1 is 1.18 bits per heavy atom. The molecule has 0 saturated carbocycles. The zero-order chi connectivity index (χ0) is 12.3. The molecule has 88 valence electrons. The molecule has 0 aliphatic rings. The van der Waals surface area contributed by atoms with E-state index < -0.39 is 12.3 Å². The highest BCUT2D eigenvalue weighted by Gasteiger charge is 2.14. The predicted molar refractivity (Wildman–Crippen MR) is 60.4 cm³/mol. The number of aromatic nitrogens is 1. The number of nitrogens with one attached hydrogen (secondary N) is 1. The van der Waals surface area contributed by atoms with Crippen molar-refractivity contribution < 1.29 is 13.6 Å². The van der Waals surface area contributed by atoms with Gasteiger partial charge in [0.2, 0.25) is 0 Å². The maximum atomic E-state index is 12.1. The van der Waals surface area contributed by atoms with Gasteiger partial charge in [0.25, 0.3) is 5.91 Å². The van der Waals surface area contributed by atoms with Crippen molar-refractivity contribution in [3.05, 3.63) is 48.8 Å². The minimum absolute atomic E-state index is 0.349. The summed E-state index contributed by atoms with van der Waals surface area (Å²) in [6, 6.07) is 10.4. The van der Waals surface area contributed by atoms with Gasteiger partial charge in [0, 0.05) is 23.8 Å². The highest BCUT2D eigenvalue weighted by molar-refractivity contribution is 5.93. The number of carbonyl (C=O) groups excluding carboxylic acids is 1. The van der Waals surface area contributed by atoms with Crippen LogP contribution in [0.5, 0.6) is 0 Å². The highest BCUT2D eigenvalue weighted by Crippen LogP contribution is 2.15. The third-order valence-electron chi connectivity index (χ3n) is 2.21. The van der Waals surface area contributed by atoms with Crippen molar-refractivity contribution in [3.63, 3.8) is 0 Å². The summed E-state index contributed by atoms with van der Waals surface area (Å²) in [5.74, 6) is -1.30. The van der Waals surface area contributed by atoms with Crippen molar-refractivity contribution in [1.29, 1.82) is 0 Å². The molecule has 1 aromatic heterocycles. The van der Waals surface area contributed by atoms with Crippen molar-refractivity contribution in [2.24, 2.45) is 0 Å². The molecule has 0 spiro atoms. The normalized spacial score (nSPS) is 10.5. The zero-order valence-corrected chi connectivity index (χ0v) is 8.81. The van der Waals surface area contributed by atoms with Crippen LogP contribution in [0.15, 0.2) is 48.8 Å². The quantitative estimate of drug-likeness (QED) is 0.873. The average molecular weight is 236 g/mol. The van der Waals surface area contributed by atoms with Gasteiger partial charge in [-0.05, 0) is 30.3 Å². The number of nitrogens with zero attached hydrogens (tertiary/aromatic N) is 1. The van der Waals surface area contributed by atoms with Crippen LogP contribution in [-0.2, 0) is 4.79 Å². The van der Waals surface area contributed by atoms with E-state index in [1.807, 2.05) is 35.2 Å². The van der Waals surface area contributed by atoms with Crippen LogP contribution in [0.3, 0.4) is 0 Å². The molecule has 2 rings (SSSR count). The van der Waals surface area contributed by atoms with E-state index in [-0.39, 0.29) is 0 Å². The molecule has 17 heavy (non-hydrogen) atoms. The topological polar surface area (TPSA) is 34.0 Å². The summed E-state index contributed by atoms with van der Waals surface area (Å²) in [6.07, 6.45) is 0.646. The summed E-state index contributed by atoms with van der Waals surface area (Å²) in [4.78, 5) is 10.8. The molecule has 0 aliphatic heterocycles. The largest absolute Gasteiger partial charge is 0.324 e. The van der Waals surface area contributed by atoms with Crippen LogP contribution in [0.25, 0.3) is 5.69 Å². The number of hydrogen-bond donors (Lipinski definition) is 1. The Hall–Kier alpha value is -2.17. The Morgan fingerprint density at radius 2 is 1.88 bits per heavy atom. The minimum atomic E-state index is -3.01. The van der Waals surface area contributed by atoms with E-state index in [4.69, 9.17) is 0 Å². The van der Waals surface area contributed by atoms with Crippen molar-refractivity contribution in [2.75, 3.05) is 5.32 Å². The molecule has 1 amide bonds. The number of halogens is 2. The summed E-state index contributed by atoms with van der Waals surface area (Å²) >= 11 is 0. The molecule has 0 aliphatic carbocycles. The van der Waals surface area contributed by atoms with Crippen LogP contribution >= 0.6 is 0 Å². The summed E-state index contributed by atoms with van der Waals surface area (Å²) in [5.41, 5.74) is 1.14. The molecular weight excluding hydrogens is 226 g/mol. The van der Waals surface area contributed by atoms with E-state index in [0.717, 1.165) is 5.69 Å². The fourth-order valence-electron chi connectivity index (χ4n) is 1.45. The van der Waals surface area contributed by atoms with E-state index in [0.29, 0.717) is 5.69 Å². The second-order valence-corrected chi connectivity index (χ2v) is 3.43. The van der Waals surface area contributed by atoms with Gasteiger partial charge < -0.3 is 9.88 Å². The number of carbonyl (C=O) groups is 1. The van der Waals surface area contributed by atoms with Crippen LogP contribution in [0.4, 0.5) is 14.5 Å². The summed E-state index contributed by atoms with van der Waals surface area (Å²) < 4.78 is 26.0. The molecule has 1 aromatic carbocycles. The van der Waals surface area contributed by atoms with Crippen LogP contribution in [0.1, 0.15) is 0 Å². The minimum Gasteiger partial charge on any atom is -0.324 e. The molecule has 1 N–H and O–H groups in total. The summed E-state index contributed by atoms with van der Waals surface area (Å²) in [6.45, 7) is 0. The molecule has 0 saturated heterocycles. The first-order valence-electron chi connectivity index (χ1n) is 4.99. The maximum Gasteiger partial charge on any atom is 0.315 e. The molecule has 0 fully saturated rings. The first-order valence-corrected chi connectivity index (χ1v) is 4.99. The Bertz CT molecular complexity index is 509. The van der Waals surface area contributed by atoms with Gasteiger partial charge in [0.1, 0.15) is 0 Å². The standard InChI is InChI=1S/C12H10F2N2O/c13-11(14)12(17)15-9-4-3-5-10(8-9)16-6-1-2-7-16/h1-8,11H,(H,15,17). The number of alkyl halides is 2. The van der Waals surface area contributed by atoms with Crippen LogP contribution in [0.2, 0.25) is 0 Å². The average Bonchev–Trinajstić information content (AvgIpc) is 2.82. The first kappa shape index (κ1) is 11.3. The van der Waals surface area contributed by atoms with Crippen LogP contribution < -0.4 is 5.32 Å². The Labute approximate surface area is 96.7 Å². The van der Waals surface area contributed by atoms with Crippen molar-refractivity contribution in [3.8, 4) is 5.69 Å². The number of hydrogen-bond acceptors (Lipinski definition) is 1. The van der Waals surface area contributed by atoms with Crippen LogP contribution in [-0.4, -0.2) is 16.9 Å². The molecule has 0 bridgehead atoms. The first-order chi connectivity index (χ1) is 8.16. The summed E-state index contributed by atoms with van der Waals surface area (Å²) in [7, 11) is 0. The molecule has 0 atom stereocenters. The molecule has 0 radical (unpaired) electrons. The molecule has 1 heterocycles. The monoisotopic (exact) mass is 236 g/mol. The van der Waals surface area contributed by atoms with Crippen molar-refractivity contribution >= 4 is 11.6 Å². The molecule has 5 heteroatoms. The number of amides is 1. The number of benzene rings is 1. The van der Waals surface area contributed by atoms with Crippen molar-refractivity contribution in [1.82, 2.24) is 4.57 Å². The van der Waals surface area contributed by atoms with Gasteiger partial charge in [0.15, 0.2) is 0 Å². The predicted octanol–water partition coefficient (Wildman–Crippen LogP) is 2.68. The summed E-state index contributed by atoms with van der Waals surface area (Å²) in [5, 5.41) is 2.14. The van der Waals surface area contributed by atoms with Gasteiger partial charge in [-0.2, -0.15) is 8.78 Å². The Balaban J connectivity index is 2.20. The van der Waals surface area contributed by atoms with E-state index in [2.05, 4.69) is 5.32 Å². The third kappa shape index (κ3) is 2.69. The molecular formula is C12H10F2N2O. The highest BCUT2D eigenvalue weighted by atomic mass is 19.3. The lowest BCUT2D eigenvalue weighted by molar-refractivity contribution is -0.126. The molecule has 3 nitrogen and oxygen atoms in total.